The van der Waals surface area contributed by atoms with Crippen molar-refractivity contribution in [2.75, 3.05) is 25.1 Å². The van der Waals surface area contributed by atoms with E-state index in [0.29, 0.717) is 0 Å². The highest BCUT2D eigenvalue weighted by Gasteiger charge is 2.15. The molecule has 0 bridgehead atoms. The fourth-order valence-electron chi connectivity index (χ4n) is 3.67. The molecule has 170 valence electrons. The Hall–Kier alpha value is -2.04. The van der Waals surface area contributed by atoms with E-state index in [1.165, 1.54) is 94.6 Å². The van der Waals surface area contributed by atoms with Crippen molar-refractivity contribution >= 4 is 17.6 Å². The number of hydrogen-bond donors (Lipinski definition) is 1. The summed E-state index contributed by atoms with van der Waals surface area (Å²) in [6.45, 7) is 1.96. The van der Waals surface area contributed by atoms with Crippen LogP contribution in [0.5, 0.6) is 0 Å². The fraction of sp³-hybridized carbons (Fsp3) is 0.680. The van der Waals surface area contributed by atoms with Crippen LogP contribution in [0.15, 0.2) is 24.3 Å². The molecule has 0 aliphatic heterocycles. The summed E-state index contributed by atoms with van der Waals surface area (Å²) in [6.07, 6.45) is 17.2. The van der Waals surface area contributed by atoms with Gasteiger partial charge in [0, 0.05) is 5.69 Å². The van der Waals surface area contributed by atoms with E-state index in [-0.39, 0.29) is 13.1 Å². The number of ether oxygens (including phenoxy) is 1. The molecule has 0 saturated carbocycles. The predicted molar refractivity (Wildman–Crippen MR) is 123 cm³/mol. The quantitative estimate of drug-likeness (QED) is 0.234. The number of unbranched alkanes of at least 4 members (excludes halogenated alkanes) is 11. The van der Waals surface area contributed by atoms with Crippen LogP contribution in [0.25, 0.3) is 0 Å². The molecule has 5 heteroatoms. The Bertz CT molecular complexity index is 585. The van der Waals surface area contributed by atoms with Gasteiger partial charge in [-0.25, -0.2) is 0 Å². The predicted octanol–water partition coefficient (Wildman–Crippen LogP) is 5.99. The highest BCUT2D eigenvalue weighted by molar-refractivity contribution is 5.80. The first-order valence-corrected chi connectivity index (χ1v) is 11.7. The van der Waals surface area contributed by atoms with Crippen LogP contribution in [0.1, 0.15) is 89.5 Å². The van der Waals surface area contributed by atoms with Crippen molar-refractivity contribution in [1.29, 1.82) is 0 Å². The molecule has 0 aromatic heterocycles. The summed E-state index contributed by atoms with van der Waals surface area (Å²) in [4.78, 5) is 24.1. The molecular weight excluding hydrogens is 378 g/mol. The smallest absolute Gasteiger partial charge is 0.325 e. The van der Waals surface area contributed by atoms with E-state index in [1.807, 2.05) is 24.3 Å². The maximum absolute atomic E-state index is 11.5. The summed E-state index contributed by atoms with van der Waals surface area (Å²) < 4.78 is 4.66. The third kappa shape index (κ3) is 12.5. The zero-order chi connectivity index (χ0) is 22.0. The minimum absolute atomic E-state index is 0.0686. The van der Waals surface area contributed by atoms with Gasteiger partial charge >= 0.3 is 11.9 Å². The highest BCUT2D eigenvalue weighted by atomic mass is 16.5. The van der Waals surface area contributed by atoms with Gasteiger partial charge in [-0.15, -0.1) is 0 Å². The van der Waals surface area contributed by atoms with Gasteiger partial charge in [-0.2, -0.15) is 0 Å². The van der Waals surface area contributed by atoms with Crippen LogP contribution in [0.3, 0.4) is 0 Å². The number of esters is 1. The van der Waals surface area contributed by atoms with Crippen LogP contribution in [0, 0.1) is 0 Å². The molecule has 1 rings (SSSR count). The Labute approximate surface area is 182 Å². The number of hydrogen-bond acceptors (Lipinski definition) is 4. The molecule has 5 nitrogen and oxygen atoms in total. The zero-order valence-corrected chi connectivity index (χ0v) is 19.0. The number of methoxy groups -OCH3 is 1. The van der Waals surface area contributed by atoms with Crippen molar-refractivity contribution in [1.82, 2.24) is 0 Å². The summed E-state index contributed by atoms with van der Waals surface area (Å²) >= 11 is 0. The maximum atomic E-state index is 11.5. The molecule has 0 radical (unpaired) electrons. The molecular formula is C25H41NO4. The molecule has 1 aromatic rings. The lowest BCUT2D eigenvalue weighted by atomic mass is 10.0. The Morgan fingerprint density at radius 3 is 1.77 bits per heavy atom. The number of anilines is 1. The zero-order valence-electron chi connectivity index (χ0n) is 19.0. The van der Waals surface area contributed by atoms with Crippen molar-refractivity contribution in [2.24, 2.45) is 0 Å². The second-order valence-corrected chi connectivity index (χ2v) is 8.13. The molecule has 0 fully saturated rings. The molecule has 1 N–H and O–H groups in total. The van der Waals surface area contributed by atoms with E-state index < -0.39 is 11.9 Å². The van der Waals surface area contributed by atoms with Gasteiger partial charge < -0.3 is 14.7 Å². The second kappa shape index (κ2) is 16.7. The van der Waals surface area contributed by atoms with Crippen molar-refractivity contribution in [3.8, 4) is 0 Å². The number of carboxylic acid groups (broad SMARTS) is 1. The third-order valence-electron chi connectivity index (χ3n) is 5.49. The SMILES string of the molecule is CCCCCCCCCCCCCCc1ccc(N(CC(=O)O)CC(=O)OC)cc1. The number of rotatable bonds is 18. The number of aryl methyl sites for hydroxylation is 1. The van der Waals surface area contributed by atoms with E-state index in [0.717, 1.165) is 12.1 Å². The van der Waals surface area contributed by atoms with Crippen LogP contribution in [0.4, 0.5) is 5.69 Å². The lowest BCUT2D eigenvalue weighted by molar-refractivity contribution is -0.139. The number of carbonyl (C=O) groups is 2. The van der Waals surface area contributed by atoms with Crippen LogP contribution < -0.4 is 4.90 Å². The Kier molecular flexibility index (Phi) is 14.5. The highest BCUT2D eigenvalue weighted by Crippen LogP contribution is 2.18. The van der Waals surface area contributed by atoms with Gasteiger partial charge in [-0.3, -0.25) is 9.59 Å². The van der Waals surface area contributed by atoms with Crippen molar-refractivity contribution < 1.29 is 19.4 Å². The normalized spacial score (nSPS) is 10.7. The monoisotopic (exact) mass is 419 g/mol. The van der Waals surface area contributed by atoms with Gasteiger partial charge in [-0.1, -0.05) is 89.7 Å². The molecule has 0 unspecified atom stereocenters. The van der Waals surface area contributed by atoms with E-state index in [1.54, 1.807) is 0 Å². The Balaban J connectivity index is 2.20. The first-order chi connectivity index (χ1) is 14.6. The topological polar surface area (TPSA) is 66.8 Å². The molecule has 0 heterocycles. The van der Waals surface area contributed by atoms with Gasteiger partial charge in [0.15, 0.2) is 0 Å². The van der Waals surface area contributed by atoms with E-state index in [2.05, 4.69) is 11.7 Å². The molecule has 0 atom stereocenters. The largest absolute Gasteiger partial charge is 0.480 e. The summed E-state index contributed by atoms with van der Waals surface area (Å²) in [6, 6.07) is 7.84. The van der Waals surface area contributed by atoms with Crippen LogP contribution in [-0.4, -0.2) is 37.2 Å². The van der Waals surface area contributed by atoms with Crippen LogP contribution >= 0.6 is 0 Å². The van der Waals surface area contributed by atoms with Crippen molar-refractivity contribution in [3.63, 3.8) is 0 Å². The number of aliphatic carboxylic acids is 1. The molecule has 0 aliphatic rings. The fourth-order valence-corrected chi connectivity index (χ4v) is 3.67. The number of nitrogens with zero attached hydrogens (tertiary/aromatic N) is 1. The van der Waals surface area contributed by atoms with Crippen LogP contribution in [0.2, 0.25) is 0 Å². The Morgan fingerprint density at radius 2 is 1.30 bits per heavy atom. The lowest BCUT2D eigenvalue weighted by Crippen LogP contribution is -2.35. The molecule has 1 aromatic carbocycles. The van der Waals surface area contributed by atoms with Crippen molar-refractivity contribution in [2.45, 2.75) is 90.4 Å². The van der Waals surface area contributed by atoms with Gasteiger partial charge in [0.1, 0.15) is 13.1 Å². The first kappa shape index (κ1) is 26.0. The summed E-state index contributed by atoms with van der Waals surface area (Å²) in [5.74, 6) is -1.42. The molecule has 30 heavy (non-hydrogen) atoms. The Morgan fingerprint density at radius 1 is 0.800 bits per heavy atom. The van der Waals surface area contributed by atoms with Crippen molar-refractivity contribution in [3.05, 3.63) is 29.8 Å². The third-order valence-corrected chi connectivity index (χ3v) is 5.49. The van der Waals surface area contributed by atoms with Gasteiger partial charge in [0.25, 0.3) is 0 Å². The number of carboxylic acids is 1. The van der Waals surface area contributed by atoms with Gasteiger partial charge in [-0.05, 0) is 30.5 Å². The molecule has 0 saturated heterocycles. The molecule has 0 amide bonds. The minimum Gasteiger partial charge on any atom is -0.480 e. The standard InChI is InChI=1S/C25H41NO4/c1-3-4-5-6-7-8-9-10-11-12-13-14-15-22-16-18-23(19-17-22)26(20-24(27)28)21-25(29)30-2/h16-19H,3-15,20-21H2,1-2H3,(H,27,28). The average Bonchev–Trinajstić information content (AvgIpc) is 2.74. The lowest BCUT2D eigenvalue weighted by Gasteiger charge is -2.21. The molecule has 0 spiro atoms. The van der Waals surface area contributed by atoms with Gasteiger partial charge in [0.05, 0.1) is 7.11 Å². The molecule has 0 aliphatic carbocycles. The summed E-state index contributed by atoms with van der Waals surface area (Å²) in [5.41, 5.74) is 1.97. The summed E-state index contributed by atoms with van der Waals surface area (Å²) in [7, 11) is 1.30. The van der Waals surface area contributed by atoms with E-state index >= 15 is 0 Å². The number of benzene rings is 1. The maximum Gasteiger partial charge on any atom is 0.325 e. The van der Waals surface area contributed by atoms with E-state index in [4.69, 9.17) is 5.11 Å². The van der Waals surface area contributed by atoms with Crippen LogP contribution in [-0.2, 0) is 20.7 Å². The minimum atomic E-state index is -0.973. The summed E-state index contributed by atoms with van der Waals surface area (Å²) in [5, 5.41) is 9.07. The van der Waals surface area contributed by atoms with Gasteiger partial charge in [0.2, 0.25) is 0 Å². The second-order valence-electron chi connectivity index (χ2n) is 8.13. The average molecular weight is 420 g/mol. The first-order valence-electron chi connectivity index (χ1n) is 11.7. The van der Waals surface area contributed by atoms with E-state index in [9.17, 15) is 9.59 Å². The number of carbonyl (C=O) groups excluding carboxylic acids is 1.